The van der Waals surface area contributed by atoms with Gasteiger partial charge in [-0.2, -0.15) is 0 Å². The SMILES string of the molecule is CCNC(=O)[C@H](C)N(CCc1ccccc1)C(=O)CCCN(c1ccc(Cl)cc1)S(C)(=O)=O. The molecule has 2 rings (SSSR count). The van der Waals surface area contributed by atoms with Crippen LogP contribution >= 0.6 is 11.6 Å². The number of anilines is 1. The summed E-state index contributed by atoms with van der Waals surface area (Å²) in [5.41, 5.74) is 1.57. The van der Waals surface area contributed by atoms with Gasteiger partial charge in [0.1, 0.15) is 6.04 Å². The van der Waals surface area contributed by atoms with E-state index in [9.17, 15) is 18.0 Å². The van der Waals surface area contributed by atoms with E-state index in [4.69, 9.17) is 11.6 Å². The monoisotopic (exact) mass is 493 g/mol. The fraction of sp³-hybridized carbons (Fsp3) is 0.417. The summed E-state index contributed by atoms with van der Waals surface area (Å²) >= 11 is 5.91. The van der Waals surface area contributed by atoms with Gasteiger partial charge in [-0.3, -0.25) is 13.9 Å². The molecule has 9 heteroatoms. The first-order valence-corrected chi connectivity index (χ1v) is 13.2. The number of rotatable bonds is 12. The Labute approximate surface area is 201 Å². The van der Waals surface area contributed by atoms with Crippen LogP contribution in [0.4, 0.5) is 5.69 Å². The third-order valence-electron chi connectivity index (χ3n) is 5.27. The zero-order valence-corrected chi connectivity index (χ0v) is 20.9. The molecule has 0 aliphatic carbocycles. The summed E-state index contributed by atoms with van der Waals surface area (Å²) in [6, 6.07) is 15.7. The molecule has 0 aromatic heterocycles. The van der Waals surface area contributed by atoms with Crippen molar-refractivity contribution in [3.63, 3.8) is 0 Å². The van der Waals surface area contributed by atoms with Crippen LogP contribution in [-0.2, 0) is 26.0 Å². The molecule has 0 fully saturated rings. The van der Waals surface area contributed by atoms with Crippen LogP contribution in [0.25, 0.3) is 0 Å². The summed E-state index contributed by atoms with van der Waals surface area (Å²) in [6.45, 7) is 4.57. The van der Waals surface area contributed by atoms with E-state index in [1.807, 2.05) is 37.3 Å². The molecule has 0 saturated carbocycles. The van der Waals surface area contributed by atoms with Crippen LogP contribution < -0.4 is 9.62 Å². The Balaban J connectivity index is 2.07. The maximum absolute atomic E-state index is 13.1. The van der Waals surface area contributed by atoms with E-state index in [0.29, 0.717) is 36.6 Å². The summed E-state index contributed by atoms with van der Waals surface area (Å²) in [5.74, 6) is -0.396. The molecule has 0 spiro atoms. The predicted octanol–water partition coefficient (Wildman–Crippen LogP) is 3.48. The van der Waals surface area contributed by atoms with E-state index in [2.05, 4.69) is 5.32 Å². The molecule has 0 heterocycles. The van der Waals surface area contributed by atoms with Crippen LogP contribution in [-0.4, -0.2) is 57.1 Å². The highest BCUT2D eigenvalue weighted by atomic mass is 35.5. The highest BCUT2D eigenvalue weighted by Crippen LogP contribution is 2.21. The van der Waals surface area contributed by atoms with Crippen molar-refractivity contribution in [2.75, 3.05) is 30.2 Å². The topological polar surface area (TPSA) is 86.8 Å². The summed E-state index contributed by atoms with van der Waals surface area (Å²) in [7, 11) is -3.53. The molecule has 0 radical (unpaired) electrons. The van der Waals surface area contributed by atoms with Gasteiger partial charge in [0.05, 0.1) is 11.9 Å². The second-order valence-corrected chi connectivity index (χ2v) is 10.2. The fourth-order valence-corrected chi connectivity index (χ4v) is 4.59. The van der Waals surface area contributed by atoms with Gasteiger partial charge in [0.15, 0.2) is 0 Å². The normalized spacial score (nSPS) is 12.1. The van der Waals surface area contributed by atoms with Gasteiger partial charge in [0, 0.05) is 31.1 Å². The third kappa shape index (κ3) is 8.37. The Morgan fingerprint density at radius 1 is 1.03 bits per heavy atom. The largest absolute Gasteiger partial charge is 0.355 e. The van der Waals surface area contributed by atoms with Crippen molar-refractivity contribution in [3.05, 3.63) is 65.2 Å². The van der Waals surface area contributed by atoms with E-state index in [0.717, 1.165) is 11.8 Å². The van der Waals surface area contributed by atoms with Crippen molar-refractivity contribution in [1.82, 2.24) is 10.2 Å². The highest BCUT2D eigenvalue weighted by molar-refractivity contribution is 7.92. The summed E-state index contributed by atoms with van der Waals surface area (Å²) in [4.78, 5) is 27.1. The third-order valence-corrected chi connectivity index (χ3v) is 6.72. The van der Waals surface area contributed by atoms with E-state index in [1.165, 1.54) is 4.31 Å². The first-order chi connectivity index (χ1) is 15.6. The Morgan fingerprint density at radius 2 is 1.67 bits per heavy atom. The Bertz CT molecular complexity index is 1010. The summed E-state index contributed by atoms with van der Waals surface area (Å²) in [5, 5.41) is 3.28. The molecule has 0 saturated heterocycles. The van der Waals surface area contributed by atoms with Crippen molar-refractivity contribution >= 4 is 39.1 Å². The van der Waals surface area contributed by atoms with Crippen LogP contribution in [0, 0.1) is 0 Å². The number of carbonyl (C=O) groups excluding carboxylic acids is 2. The molecule has 7 nitrogen and oxygen atoms in total. The minimum Gasteiger partial charge on any atom is -0.355 e. The fourth-order valence-electron chi connectivity index (χ4n) is 3.50. The molecule has 2 aromatic rings. The van der Waals surface area contributed by atoms with E-state index >= 15 is 0 Å². The smallest absolute Gasteiger partial charge is 0.242 e. The second kappa shape index (κ2) is 12.6. The quantitative estimate of drug-likeness (QED) is 0.490. The Morgan fingerprint density at radius 3 is 2.24 bits per heavy atom. The number of halogens is 1. The second-order valence-electron chi connectivity index (χ2n) is 7.81. The first-order valence-electron chi connectivity index (χ1n) is 11.0. The van der Waals surface area contributed by atoms with Gasteiger partial charge in [0.25, 0.3) is 0 Å². The van der Waals surface area contributed by atoms with E-state index in [1.54, 1.807) is 36.1 Å². The number of nitrogens with zero attached hydrogens (tertiary/aromatic N) is 2. The van der Waals surface area contributed by atoms with Crippen LogP contribution in [0.15, 0.2) is 54.6 Å². The van der Waals surface area contributed by atoms with Gasteiger partial charge in [-0.1, -0.05) is 41.9 Å². The molecule has 0 aliphatic rings. The minimum atomic E-state index is -3.53. The summed E-state index contributed by atoms with van der Waals surface area (Å²) < 4.78 is 25.9. The van der Waals surface area contributed by atoms with Crippen molar-refractivity contribution in [3.8, 4) is 0 Å². The predicted molar refractivity (Wildman–Crippen MR) is 133 cm³/mol. The zero-order chi connectivity index (χ0) is 24.4. The molecule has 2 aromatic carbocycles. The van der Waals surface area contributed by atoms with Gasteiger partial charge in [-0.05, 0) is 56.5 Å². The average molecular weight is 494 g/mol. The number of sulfonamides is 1. The number of hydrogen-bond acceptors (Lipinski definition) is 4. The highest BCUT2D eigenvalue weighted by Gasteiger charge is 2.26. The summed E-state index contributed by atoms with van der Waals surface area (Å²) in [6.07, 6.45) is 2.19. The molecular weight excluding hydrogens is 462 g/mol. The Hall–Kier alpha value is -2.58. The van der Waals surface area contributed by atoms with Crippen molar-refractivity contribution in [1.29, 1.82) is 0 Å². The Kier molecular flexibility index (Phi) is 10.2. The molecule has 1 N–H and O–H groups in total. The van der Waals surface area contributed by atoms with Gasteiger partial charge < -0.3 is 10.2 Å². The van der Waals surface area contributed by atoms with E-state index < -0.39 is 16.1 Å². The van der Waals surface area contributed by atoms with E-state index in [-0.39, 0.29) is 24.8 Å². The number of amides is 2. The molecule has 2 amide bonds. The van der Waals surface area contributed by atoms with Crippen LogP contribution in [0.2, 0.25) is 5.02 Å². The number of carbonyl (C=O) groups is 2. The number of hydrogen-bond donors (Lipinski definition) is 1. The van der Waals surface area contributed by atoms with Crippen LogP contribution in [0.1, 0.15) is 32.3 Å². The lowest BCUT2D eigenvalue weighted by Crippen LogP contribution is -2.48. The van der Waals surface area contributed by atoms with Gasteiger partial charge in [-0.15, -0.1) is 0 Å². The standard InChI is InChI=1S/C24H32ClN3O4S/c1-4-26-24(30)19(2)27(18-16-20-9-6-5-7-10-20)23(29)11-8-17-28(33(3,31)32)22-14-12-21(25)13-15-22/h5-7,9-10,12-15,19H,4,8,11,16-18H2,1-3H3,(H,26,30)/t19-/m0/s1. The van der Waals surface area contributed by atoms with Gasteiger partial charge in [0.2, 0.25) is 21.8 Å². The van der Waals surface area contributed by atoms with Gasteiger partial charge in [-0.25, -0.2) is 8.42 Å². The minimum absolute atomic E-state index is 0.123. The maximum atomic E-state index is 13.1. The number of likely N-dealkylation sites (N-methyl/N-ethyl adjacent to an activating group) is 1. The van der Waals surface area contributed by atoms with Gasteiger partial charge >= 0.3 is 0 Å². The van der Waals surface area contributed by atoms with Crippen LogP contribution in [0.3, 0.4) is 0 Å². The molecule has 180 valence electrons. The number of nitrogens with one attached hydrogen (secondary N) is 1. The molecule has 0 bridgehead atoms. The molecule has 1 atom stereocenters. The van der Waals surface area contributed by atoms with Crippen molar-refractivity contribution in [2.24, 2.45) is 0 Å². The molecule has 0 aliphatic heterocycles. The van der Waals surface area contributed by atoms with Crippen molar-refractivity contribution < 1.29 is 18.0 Å². The first kappa shape index (κ1) is 26.7. The molecule has 0 unspecified atom stereocenters. The van der Waals surface area contributed by atoms with Crippen molar-refractivity contribution in [2.45, 2.75) is 39.2 Å². The lowest BCUT2D eigenvalue weighted by Gasteiger charge is -2.29. The molecular formula is C24H32ClN3O4S. The van der Waals surface area contributed by atoms with Crippen LogP contribution in [0.5, 0.6) is 0 Å². The lowest BCUT2D eigenvalue weighted by atomic mass is 10.1. The maximum Gasteiger partial charge on any atom is 0.242 e. The molecule has 33 heavy (non-hydrogen) atoms. The lowest BCUT2D eigenvalue weighted by molar-refractivity contribution is -0.139. The zero-order valence-electron chi connectivity index (χ0n) is 19.3. The average Bonchev–Trinajstić information content (AvgIpc) is 2.77. The number of benzene rings is 2.